The molecule has 27 heavy (non-hydrogen) atoms. The zero-order valence-corrected chi connectivity index (χ0v) is 16.5. The van der Waals surface area contributed by atoms with Gasteiger partial charge in [0.05, 0.1) is 0 Å². The van der Waals surface area contributed by atoms with Crippen LogP contribution >= 0.6 is 0 Å². The van der Waals surface area contributed by atoms with Crippen molar-refractivity contribution in [3.8, 4) is 5.75 Å². The molecule has 0 aromatic heterocycles. The van der Waals surface area contributed by atoms with Gasteiger partial charge in [0, 0.05) is 31.1 Å². The number of benzene rings is 2. The van der Waals surface area contributed by atoms with Crippen LogP contribution in [-0.2, 0) is 16.2 Å². The van der Waals surface area contributed by atoms with Gasteiger partial charge in [0.15, 0.2) is 0 Å². The lowest BCUT2D eigenvalue weighted by atomic mass is 9.96. The topological polar surface area (TPSA) is 58.6 Å². The molecule has 0 bridgehead atoms. The molecule has 144 valence electrons. The highest BCUT2D eigenvalue weighted by molar-refractivity contribution is 5.91. The van der Waals surface area contributed by atoms with Gasteiger partial charge in [-0.05, 0) is 29.8 Å². The largest absolute Gasteiger partial charge is 0.489 e. The van der Waals surface area contributed by atoms with Crippen LogP contribution < -0.4 is 15.0 Å². The van der Waals surface area contributed by atoms with Crippen LogP contribution in [0, 0.1) is 5.41 Å². The summed E-state index contributed by atoms with van der Waals surface area (Å²) in [5.74, 6) is 0.640. The third kappa shape index (κ3) is 6.44. The van der Waals surface area contributed by atoms with E-state index >= 15 is 0 Å². The zero-order chi connectivity index (χ0) is 19.9. The molecule has 0 spiro atoms. The highest BCUT2D eigenvalue weighted by Crippen LogP contribution is 2.20. The van der Waals surface area contributed by atoms with Crippen molar-refractivity contribution in [1.29, 1.82) is 0 Å². The molecule has 2 aromatic carbocycles. The monoisotopic (exact) mass is 368 g/mol. The van der Waals surface area contributed by atoms with Gasteiger partial charge in [0.2, 0.25) is 11.8 Å². The number of hydrogen-bond acceptors (Lipinski definition) is 3. The first-order valence-corrected chi connectivity index (χ1v) is 9.10. The highest BCUT2D eigenvalue weighted by atomic mass is 16.5. The van der Waals surface area contributed by atoms with Crippen LogP contribution in [0.1, 0.15) is 33.3 Å². The number of carbonyl (C=O) groups excluding carboxylic acids is 2. The number of hydrogen-bond donors (Lipinski definition) is 1. The van der Waals surface area contributed by atoms with E-state index < -0.39 is 5.41 Å². The molecule has 1 N–H and O–H groups in total. The Morgan fingerprint density at radius 1 is 1.00 bits per heavy atom. The minimum absolute atomic E-state index is 0.0318. The van der Waals surface area contributed by atoms with Crippen LogP contribution in [0.25, 0.3) is 0 Å². The average molecular weight is 368 g/mol. The first kappa shape index (κ1) is 20.5. The van der Waals surface area contributed by atoms with E-state index in [2.05, 4.69) is 5.32 Å². The van der Waals surface area contributed by atoms with E-state index in [0.717, 1.165) is 17.0 Å². The van der Waals surface area contributed by atoms with Gasteiger partial charge < -0.3 is 15.0 Å². The Morgan fingerprint density at radius 3 is 2.19 bits per heavy atom. The second-order valence-corrected chi connectivity index (χ2v) is 7.44. The molecular weight excluding hydrogens is 340 g/mol. The molecule has 5 heteroatoms. The van der Waals surface area contributed by atoms with E-state index in [4.69, 9.17) is 4.74 Å². The molecular formula is C22H28N2O3. The number of nitrogens with one attached hydrogen (secondary N) is 1. The molecule has 0 aliphatic heterocycles. The maximum atomic E-state index is 12.0. The number of carbonyl (C=O) groups is 2. The van der Waals surface area contributed by atoms with Crippen LogP contribution in [0.2, 0.25) is 0 Å². The van der Waals surface area contributed by atoms with Crippen LogP contribution in [-0.4, -0.2) is 24.9 Å². The first-order chi connectivity index (χ1) is 12.8. The molecule has 2 aromatic rings. The maximum Gasteiger partial charge on any atom is 0.225 e. The number of nitrogens with zero attached hydrogens (tertiary/aromatic N) is 1. The fraction of sp³-hybridized carbons (Fsp3) is 0.364. The van der Waals surface area contributed by atoms with E-state index in [1.165, 1.54) is 6.92 Å². The standard InChI is InChI=1S/C22H28N2O3/c1-17(25)24(15-14-23-21(26)22(2,3)4)19-10-12-20(13-11-19)27-16-18-8-6-5-7-9-18/h5-13H,14-16H2,1-4H3,(H,23,26). The zero-order valence-electron chi connectivity index (χ0n) is 16.5. The smallest absolute Gasteiger partial charge is 0.225 e. The highest BCUT2D eigenvalue weighted by Gasteiger charge is 2.21. The summed E-state index contributed by atoms with van der Waals surface area (Å²) in [6, 6.07) is 17.4. The van der Waals surface area contributed by atoms with Gasteiger partial charge in [-0.25, -0.2) is 0 Å². The molecule has 0 saturated heterocycles. The van der Waals surface area contributed by atoms with Crippen molar-refractivity contribution >= 4 is 17.5 Å². The fourth-order valence-electron chi connectivity index (χ4n) is 2.48. The minimum atomic E-state index is -0.446. The molecule has 0 fully saturated rings. The predicted molar refractivity (Wildman–Crippen MR) is 108 cm³/mol. The average Bonchev–Trinajstić information content (AvgIpc) is 2.64. The lowest BCUT2D eigenvalue weighted by Crippen LogP contribution is -2.41. The van der Waals surface area contributed by atoms with Gasteiger partial charge in [-0.1, -0.05) is 51.1 Å². The normalized spacial score (nSPS) is 11.0. The van der Waals surface area contributed by atoms with Gasteiger partial charge >= 0.3 is 0 Å². The van der Waals surface area contributed by atoms with E-state index in [1.807, 2.05) is 75.4 Å². The third-order valence-electron chi connectivity index (χ3n) is 4.08. The van der Waals surface area contributed by atoms with Gasteiger partial charge in [0.25, 0.3) is 0 Å². The van der Waals surface area contributed by atoms with Crippen molar-refractivity contribution in [1.82, 2.24) is 5.32 Å². The maximum absolute atomic E-state index is 12.0. The summed E-state index contributed by atoms with van der Waals surface area (Å²) in [6.45, 7) is 8.42. The summed E-state index contributed by atoms with van der Waals surface area (Å²) >= 11 is 0. The van der Waals surface area contributed by atoms with Crippen LogP contribution in [0.3, 0.4) is 0 Å². The minimum Gasteiger partial charge on any atom is -0.489 e. The summed E-state index contributed by atoms with van der Waals surface area (Å²) in [6.07, 6.45) is 0. The Bertz CT molecular complexity index is 749. The van der Waals surface area contributed by atoms with E-state index in [-0.39, 0.29) is 11.8 Å². The fourth-order valence-corrected chi connectivity index (χ4v) is 2.48. The van der Waals surface area contributed by atoms with E-state index in [0.29, 0.717) is 19.7 Å². The third-order valence-corrected chi connectivity index (χ3v) is 4.08. The Morgan fingerprint density at radius 2 is 1.63 bits per heavy atom. The van der Waals surface area contributed by atoms with Crippen molar-refractivity contribution in [3.63, 3.8) is 0 Å². The SMILES string of the molecule is CC(=O)N(CCNC(=O)C(C)(C)C)c1ccc(OCc2ccccc2)cc1. The molecule has 5 nitrogen and oxygen atoms in total. The lowest BCUT2D eigenvalue weighted by molar-refractivity contribution is -0.128. The van der Waals surface area contributed by atoms with Gasteiger partial charge in [-0.15, -0.1) is 0 Å². The molecule has 2 rings (SSSR count). The summed E-state index contributed by atoms with van der Waals surface area (Å²) in [5.41, 5.74) is 1.43. The van der Waals surface area contributed by atoms with Crippen LogP contribution in [0.4, 0.5) is 5.69 Å². The molecule has 0 aliphatic carbocycles. The Kier molecular flexibility index (Phi) is 6.99. The van der Waals surface area contributed by atoms with Crippen molar-refractivity contribution in [2.45, 2.75) is 34.3 Å². The molecule has 0 radical (unpaired) electrons. The van der Waals surface area contributed by atoms with Crippen molar-refractivity contribution in [2.24, 2.45) is 5.41 Å². The van der Waals surface area contributed by atoms with Crippen molar-refractivity contribution in [3.05, 3.63) is 60.2 Å². The molecule has 0 aliphatic rings. The lowest BCUT2D eigenvalue weighted by Gasteiger charge is -2.23. The summed E-state index contributed by atoms with van der Waals surface area (Å²) in [4.78, 5) is 25.6. The summed E-state index contributed by atoms with van der Waals surface area (Å²) < 4.78 is 5.78. The molecule has 0 heterocycles. The molecule has 0 saturated carbocycles. The summed E-state index contributed by atoms with van der Waals surface area (Å²) in [7, 11) is 0. The molecule has 2 amide bonds. The van der Waals surface area contributed by atoms with Crippen molar-refractivity contribution < 1.29 is 14.3 Å². The summed E-state index contributed by atoms with van der Waals surface area (Å²) in [5, 5.41) is 2.87. The molecule has 0 atom stereocenters. The second kappa shape index (κ2) is 9.21. The van der Waals surface area contributed by atoms with E-state index in [9.17, 15) is 9.59 Å². The van der Waals surface area contributed by atoms with E-state index in [1.54, 1.807) is 4.90 Å². The van der Waals surface area contributed by atoms with Crippen LogP contribution in [0.15, 0.2) is 54.6 Å². The molecule has 0 unspecified atom stereocenters. The number of amides is 2. The van der Waals surface area contributed by atoms with Gasteiger partial charge in [-0.2, -0.15) is 0 Å². The Balaban J connectivity index is 1.93. The Hall–Kier alpha value is -2.82. The first-order valence-electron chi connectivity index (χ1n) is 9.10. The number of anilines is 1. The predicted octanol–water partition coefficient (Wildman–Crippen LogP) is 3.78. The second-order valence-electron chi connectivity index (χ2n) is 7.44. The number of rotatable bonds is 7. The van der Waals surface area contributed by atoms with Gasteiger partial charge in [0.1, 0.15) is 12.4 Å². The van der Waals surface area contributed by atoms with Crippen molar-refractivity contribution in [2.75, 3.05) is 18.0 Å². The quantitative estimate of drug-likeness (QED) is 0.809. The van der Waals surface area contributed by atoms with Crippen LogP contribution in [0.5, 0.6) is 5.75 Å². The van der Waals surface area contributed by atoms with Gasteiger partial charge in [-0.3, -0.25) is 9.59 Å². The number of ether oxygens (including phenoxy) is 1. The Labute approximate surface area is 161 Å².